The van der Waals surface area contributed by atoms with E-state index in [1.54, 1.807) is 19.2 Å². The molecule has 0 unspecified atom stereocenters. The minimum absolute atomic E-state index is 0.0494. The summed E-state index contributed by atoms with van der Waals surface area (Å²) < 4.78 is 12.1. The van der Waals surface area contributed by atoms with Crippen LogP contribution in [0.2, 0.25) is 0 Å². The Labute approximate surface area is 150 Å². The number of hydrogen-bond donors (Lipinski definition) is 1. The number of carbonyl (C=O) groups excluding carboxylic acids is 1. The van der Waals surface area contributed by atoms with Gasteiger partial charge in [0.05, 0.1) is 12.8 Å². The van der Waals surface area contributed by atoms with E-state index < -0.39 is 0 Å². The molecule has 0 radical (unpaired) electrons. The van der Waals surface area contributed by atoms with E-state index in [4.69, 9.17) is 21.4 Å². The summed E-state index contributed by atoms with van der Waals surface area (Å²) in [7, 11) is 1.55. The summed E-state index contributed by atoms with van der Waals surface area (Å²) in [6.07, 6.45) is 0. The van der Waals surface area contributed by atoms with Crippen LogP contribution < -0.4 is 10.1 Å². The van der Waals surface area contributed by atoms with Crippen molar-refractivity contribution in [2.45, 2.75) is 13.5 Å². The van der Waals surface area contributed by atoms with Gasteiger partial charge in [-0.25, -0.2) is 4.68 Å². The van der Waals surface area contributed by atoms with Crippen molar-refractivity contribution in [3.05, 3.63) is 58.9 Å². The molecule has 1 heterocycles. The first-order chi connectivity index (χ1) is 12.1. The van der Waals surface area contributed by atoms with Crippen LogP contribution in [0, 0.1) is 11.8 Å². The standard InChI is InChI=1S/C18H17N3O3S/c1-12-7-9-13(10-8-12)17-20-21(18(25)24-17)11-16(22)19-14-5-3-4-6-15(14)23-2/h3-10H,11H2,1-2H3,(H,19,22). The fourth-order valence-electron chi connectivity index (χ4n) is 2.29. The smallest absolute Gasteiger partial charge is 0.287 e. The van der Waals surface area contributed by atoms with Gasteiger partial charge in [-0.05, 0) is 43.4 Å². The van der Waals surface area contributed by atoms with Crippen molar-refractivity contribution in [2.24, 2.45) is 0 Å². The molecule has 0 fully saturated rings. The highest BCUT2D eigenvalue weighted by Crippen LogP contribution is 2.23. The molecule has 1 aromatic heterocycles. The first-order valence-corrected chi connectivity index (χ1v) is 8.05. The number of amides is 1. The van der Waals surface area contributed by atoms with Crippen LogP contribution in [0.1, 0.15) is 5.56 Å². The molecule has 25 heavy (non-hydrogen) atoms. The molecule has 1 amide bonds. The molecule has 0 atom stereocenters. The Morgan fingerprint density at radius 2 is 1.96 bits per heavy atom. The quantitative estimate of drug-likeness (QED) is 0.705. The fraction of sp³-hybridized carbons (Fsp3) is 0.167. The van der Waals surface area contributed by atoms with Crippen molar-refractivity contribution >= 4 is 23.8 Å². The minimum atomic E-state index is -0.274. The largest absolute Gasteiger partial charge is 0.495 e. The molecule has 6 nitrogen and oxygen atoms in total. The number of hydrogen-bond acceptors (Lipinski definition) is 5. The monoisotopic (exact) mass is 355 g/mol. The predicted molar refractivity (Wildman–Crippen MR) is 97.1 cm³/mol. The molecule has 0 saturated heterocycles. The van der Waals surface area contributed by atoms with Crippen LogP contribution in [0.25, 0.3) is 11.5 Å². The number of aryl methyl sites for hydroxylation is 1. The predicted octanol–water partition coefficient (Wildman–Crippen LogP) is 3.83. The molecule has 0 aliphatic heterocycles. The third kappa shape index (κ3) is 3.95. The van der Waals surface area contributed by atoms with E-state index in [0.29, 0.717) is 17.3 Å². The molecule has 0 saturated carbocycles. The third-order valence-corrected chi connectivity index (χ3v) is 3.87. The Kier molecular flexibility index (Phi) is 4.95. The van der Waals surface area contributed by atoms with E-state index in [1.165, 1.54) is 4.68 Å². The number of para-hydroxylation sites is 2. The Morgan fingerprint density at radius 3 is 2.68 bits per heavy atom. The maximum atomic E-state index is 12.3. The number of rotatable bonds is 5. The topological polar surface area (TPSA) is 69.3 Å². The number of carbonyl (C=O) groups is 1. The van der Waals surface area contributed by atoms with E-state index in [-0.39, 0.29) is 17.3 Å². The summed E-state index contributed by atoms with van der Waals surface area (Å²) in [4.78, 5) is 12.4. The van der Waals surface area contributed by atoms with Crippen LogP contribution in [0.5, 0.6) is 5.75 Å². The number of nitrogens with one attached hydrogen (secondary N) is 1. The van der Waals surface area contributed by atoms with Crippen LogP contribution in [0.3, 0.4) is 0 Å². The van der Waals surface area contributed by atoms with Gasteiger partial charge in [0.15, 0.2) is 0 Å². The van der Waals surface area contributed by atoms with E-state index in [0.717, 1.165) is 11.1 Å². The second kappa shape index (κ2) is 7.31. The van der Waals surface area contributed by atoms with Gasteiger partial charge >= 0.3 is 0 Å². The van der Waals surface area contributed by atoms with Crippen LogP contribution in [0.15, 0.2) is 52.9 Å². The molecule has 0 spiro atoms. The molecular weight excluding hydrogens is 338 g/mol. The lowest BCUT2D eigenvalue weighted by Gasteiger charge is -2.09. The van der Waals surface area contributed by atoms with Crippen LogP contribution in [-0.2, 0) is 11.3 Å². The van der Waals surface area contributed by atoms with Crippen LogP contribution >= 0.6 is 12.2 Å². The zero-order chi connectivity index (χ0) is 17.8. The van der Waals surface area contributed by atoms with Crippen molar-refractivity contribution < 1.29 is 13.9 Å². The molecule has 7 heteroatoms. The molecule has 3 aromatic rings. The lowest BCUT2D eigenvalue weighted by atomic mass is 10.1. The van der Waals surface area contributed by atoms with Crippen molar-refractivity contribution in [2.75, 3.05) is 12.4 Å². The Bertz CT molecular complexity index is 945. The number of aromatic nitrogens is 2. The van der Waals surface area contributed by atoms with Gasteiger partial charge in [-0.1, -0.05) is 29.8 Å². The van der Waals surface area contributed by atoms with Crippen molar-refractivity contribution in [3.63, 3.8) is 0 Å². The summed E-state index contributed by atoms with van der Waals surface area (Å²) in [6.45, 7) is 1.95. The zero-order valence-corrected chi connectivity index (χ0v) is 14.7. The lowest BCUT2D eigenvalue weighted by molar-refractivity contribution is -0.117. The second-order valence-corrected chi connectivity index (χ2v) is 5.79. The van der Waals surface area contributed by atoms with Gasteiger partial charge in [0.1, 0.15) is 12.3 Å². The lowest BCUT2D eigenvalue weighted by Crippen LogP contribution is -2.20. The van der Waals surface area contributed by atoms with Gasteiger partial charge < -0.3 is 14.5 Å². The van der Waals surface area contributed by atoms with Crippen molar-refractivity contribution in [1.82, 2.24) is 9.78 Å². The highest BCUT2D eigenvalue weighted by Gasteiger charge is 2.12. The average Bonchev–Trinajstić information content (AvgIpc) is 2.96. The van der Waals surface area contributed by atoms with Gasteiger partial charge in [0.2, 0.25) is 11.8 Å². The zero-order valence-electron chi connectivity index (χ0n) is 13.9. The van der Waals surface area contributed by atoms with E-state index >= 15 is 0 Å². The molecule has 128 valence electrons. The van der Waals surface area contributed by atoms with Gasteiger partial charge in [-0.3, -0.25) is 4.79 Å². The molecule has 2 aromatic carbocycles. The number of benzene rings is 2. The van der Waals surface area contributed by atoms with Gasteiger partial charge in [0.25, 0.3) is 4.84 Å². The van der Waals surface area contributed by atoms with Crippen LogP contribution in [-0.4, -0.2) is 22.8 Å². The number of nitrogens with zero attached hydrogens (tertiary/aromatic N) is 2. The first-order valence-electron chi connectivity index (χ1n) is 7.64. The highest BCUT2D eigenvalue weighted by atomic mass is 32.1. The summed E-state index contributed by atoms with van der Waals surface area (Å²) in [5.41, 5.74) is 2.53. The Morgan fingerprint density at radius 1 is 1.24 bits per heavy atom. The summed E-state index contributed by atoms with van der Waals surface area (Å²) in [6, 6.07) is 14.9. The molecule has 0 bridgehead atoms. The Balaban J connectivity index is 1.76. The number of methoxy groups -OCH3 is 1. The molecule has 3 rings (SSSR count). The maximum Gasteiger partial charge on any atom is 0.287 e. The summed E-state index contributed by atoms with van der Waals surface area (Å²) in [5.74, 6) is 0.694. The molecule has 0 aliphatic rings. The third-order valence-electron chi connectivity index (χ3n) is 3.58. The fourth-order valence-corrected chi connectivity index (χ4v) is 2.48. The Hall–Kier alpha value is -2.93. The van der Waals surface area contributed by atoms with Gasteiger partial charge in [0, 0.05) is 5.56 Å². The van der Waals surface area contributed by atoms with Crippen LogP contribution in [0.4, 0.5) is 5.69 Å². The van der Waals surface area contributed by atoms with E-state index in [1.807, 2.05) is 43.3 Å². The average molecular weight is 355 g/mol. The number of anilines is 1. The first kappa shape index (κ1) is 16.9. The molecular formula is C18H17N3O3S. The van der Waals surface area contributed by atoms with Crippen molar-refractivity contribution in [1.29, 1.82) is 0 Å². The maximum absolute atomic E-state index is 12.3. The summed E-state index contributed by atoms with van der Waals surface area (Å²) >= 11 is 5.16. The molecule has 1 N–H and O–H groups in total. The highest BCUT2D eigenvalue weighted by molar-refractivity contribution is 7.71. The normalized spacial score (nSPS) is 10.5. The second-order valence-electron chi connectivity index (χ2n) is 5.45. The minimum Gasteiger partial charge on any atom is -0.495 e. The number of ether oxygens (including phenoxy) is 1. The van der Waals surface area contributed by atoms with Gasteiger partial charge in [-0.2, -0.15) is 0 Å². The molecule has 0 aliphatic carbocycles. The summed E-state index contributed by atoms with van der Waals surface area (Å²) in [5, 5.41) is 7.07. The van der Waals surface area contributed by atoms with Crippen molar-refractivity contribution in [3.8, 4) is 17.2 Å². The van der Waals surface area contributed by atoms with E-state index in [9.17, 15) is 4.79 Å². The van der Waals surface area contributed by atoms with E-state index in [2.05, 4.69) is 10.4 Å². The van der Waals surface area contributed by atoms with Gasteiger partial charge in [-0.15, -0.1) is 5.10 Å². The SMILES string of the molecule is COc1ccccc1NC(=O)Cn1nc(-c2ccc(C)cc2)oc1=S.